The van der Waals surface area contributed by atoms with Crippen LogP contribution in [0.25, 0.3) is 0 Å². The van der Waals surface area contributed by atoms with E-state index in [9.17, 15) is 9.59 Å². The molecule has 0 radical (unpaired) electrons. The van der Waals surface area contributed by atoms with Crippen LogP contribution in [0.5, 0.6) is 0 Å². The molecule has 17 heavy (non-hydrogen) atoms. The van der Waals surface area contributed by atoms with Crippen LogP contribution in [0.4, 0.5) is 4.79 Å². The number of carbonyl (C=O) groups excluding carboxylic acids is 1. The predicted molar refractivity (Wildman–Crippen MR) is 65.6 cm³/mol. The van der Waals surface area contributed by atoms with Gasteiger partial charge < -0.3 is 14.9 Å². The lowest BCUT2D eigenvalue weighted by molar-refractivity contribution is -0.137. The van der Waals surface area contributed by atoms with Crippen molar-refractivity contribution in [3.8, 4) is 12.3 Å². The number of rotatable bonds is 7. The molecule has 0 aliphatic carbocycles. The van der Waals surface area contributed by atoms with E-state index in [1.54, 1.807) is 4.90 Å². The summed E-state index contributed by atoms with van der Waals surface area (Å²) in [6, 6.07) is -0.304. The van der Waals surface area contributed by atoms with E-state index in [1.807, 2.05) is 13.8 Å². The highest BCUT2D eigenvalue weighted by Gasteiger charge is 2.20. The van der Waals surface area contributed by atoms with Crippen molar-refractivity contribution in [2.24, 2.45) is 0 Å². The minimum atomic E-state index is -1.06. The van der Waals surface area contributed by atoms with Crippen molar-refractivity contribution in [1.29, 1.82) is 0 Å². The SMILES string of the molecule is C#CCN(CC(=O)O)C(=O)N(CC)CCCC. The van der Waals surface area contributed by atoms with Gasteiger partial charge in [0.1, 0.15) is 6.54 Å². The van der Waals surface area contributed by atoms with Crippen LogP contribution in [0.3, 0.4) is 0 Å². The maximum absolute atomic E-state index is 12.0. The van der Waals surface area contributed by atoms with E-state index in [1.165, 1.54) is 4.90 Å². The fourth-order valence-electron chi connectivity index (χ4n) is 1.40. The van der Waals surface area contributed by atoms with Crippen molar-refractivity contribution in [3.63, 3.8) is 0 Å². The lowest BCUT2D eigenvalue weighted by Crippen LogP contribution is -2.45. The first kappa shape index (κ1) is 15.3. The van der Waals surface area contributed by atoms with Gasteiger partial charge in [0.05, 0.1) is 6.54 Å². The Morgan fingerprint density at radius 2 is 1.94 bits per heavy atom. The normalized spacial score (nSPS) is 9.47. The summed E-state index contributed by atoms with van der Waals surface area (Å²) in [5.74, 6) is 1.25. The van der Waals surface area contributed by atoms with Gasteiger partial charge in [0.2, 0.25) is 0 Å². The Hall–Kier alpha value is -1.70. The first-order chi connectivity index (χ1) is 8.06. The molecule has 2 amide bonds. The zero-order valence-electron chi connectivity index (χ0n) is 10.5. The largest absolute Gasteiger partial charge is 0.480 e. The second kappa shape index (κ2) is 8.45. The molecule has 0 aromatic carbocycles. The van der Waals surface area contributed by atoms with Gasteiger partial charge in [-0.2, -0.15) is 0 Å². The Morgan fingerprint density at radius 1 is 1.29 bits per heavy atom. The third kappa shape index (κ3) is 5.81. The smallest absolute Gasteiger partial charge is 0.323 e. The number of terminal acetylenes is 1. The van der Waals surface area contributed by atoms with Gasteiger partial charge in [-0.25, -0.2) is 4.79 Å². The Morgan fingerprint density at radius 3 is 2.35 bits per heavy atom. The zero-order chi connectivity index (χ0) is 13.3. The number of carbonyl (C=O) groups is 2. The third-order valence-electron chi connectivity index (χ3n) is 2.31. The van der Waals surface area contributed by atoms with E-state index in [4.69, 9.17) is 11.5 Å². The number of urea groups is 1. The van der Waals surface area contributed by atoms with Crippen LogP contribution in [-0.4, -0.2) is 53.1 Å². The monoisotopic (exact) mass is 240 g/mol. The Balaban J connectivity index is 4.55. The molecule has 1 N–H and O–H groups in total. The number of unbranched alkanes of at least 4 members (excludes halogenated alkanes) is 1. The summed E-state index contributed by atoms with van der Waals surface area (Å²) in [6.45, 7) is 4.75. The first-order valence-electron chi connectivity index (χ1n) is 5.75. The van der Waals surface area contributed by atoms with E-state index < -0.39 is 5.97 Å². The number of hydrogen-bond donors (Lipinski definition) is 1. The molecule has 0 heterocycles. The highest BCUT2D eigenvalue weighted by molar-refractivity contribution is 5.80. The maximum Gasteiger partial charge on any atom is 0.323 e. The first-order valence-corrected chi connectivity index (χ1v) is 5.75. The fraction of sp³-hybridized carbons (Fsp3) is 0.667. The molecule has 0 atom stereocenters. The summed E-state index contributed by atoms with van der Waals surface area (Å²) in [4.78, 5) is 25.4. The van der Waals surface area contributed by atoms with E-state index in [-0.39, 0.29) is 19.1 Å². The molecule has 0 bridgehead atoms. The summed E-state index contributed by atoms with van der Waals surface area (Å²) in [5.41, 5.74) is 0. The van der Waals surface area contributed by atoms with Gasteiger partial charge >= 0.3 is 12.0 Å². The Kier molecular flexibility index (Phi) is 7.61. The second-order valence-electron chi connectivity index (χ2n) is 3.67. The minimum absolute atomic E-state index is 0.0216. The molecule has 0 saturated carbocycles. The molecule has 5 nitrogen and oxygen atoms in total. The number of carboxylic acid groups (broad SMARTS) is 1. The maximum atomic E-state index is 12.0. The number of aliphatic carboxylic acids is 1. The van der Waals surface area contributed by atoms with Crippen LogP contribution < -0.4 is 0 Å². The molecule has 0 fully saturated rings. The summed E-state index contributed by atoms with van der Waals surface area (Å²) in [5, 5.41) is 8.71. The van der Waals surface area contributed by atoms with Crippen molar-refractivity contribution in [3.05, 3.63) is 0 Å². The topological polar surface area (TPSA) is 60.9 Å². The summed E-state index contributed by atoms with van der Waals surface area (Å²) < 4.78 is 0. The number of nitrogens with zero attached hydrogens (tertiary/aromatic N) is 2. The zero-order valence-corrected chi connectivity index (χ0v) is 10.5. The average molecular weight is 240 g/mol. The van der Waals surface area contributed by atoms with Crippen molar-refractivity contribution >= 4 is 12.0 Å². The number of amides is 2. The van der Waals surface area contributed by atoms with Crippen LogP contribution in [0, 0.1) is 12.3 Å². The molecule has 0 aromatic rings. The van der Waals surface area contributed by atoms with Crippen molar-refractivity contribution in [1.82, 2.24) is 9.80 Å². The van der Waals surface area contributed by atoms with E-state index >= 15 is 0 Å². The van der Waals surface area contributed by atoms with E-state index in [0.29, 0.717) is 13.1 Å². The Bertz CT molecular complexity index is 297. The molecular formula is C12H20N2O3. The molecule has 0 aliphatic heterocycles. The van der Waals surface area contributed by atoms with Gasteiger partial charge in [-0.15, -0.1) is 6.42 Å². The molecule has 0 unspecified atom stereocenters. The van der Waals surface area contributed by atoms with Gasteiger partial charge in [0, 0.05) is 13.1 Å². The fourth-order valence-corrected chi connectivity index (χ4v) is 1.40. The van der Waals surface area contributed by atoms with Crippen LogP contribution in [0.15, 0.2) is 0 Å². The third-order valence-corrected chi connectivity index (χ3v) is 2.31. The van der Waals surface area contributed by atoms with Crippen LogP contribution in [0.2, 0.25) is 0 Å². The number of hydrogen-bond acceptors (Lipinski definition) is 2. The van der Waals surface area contributed by atoms with Gasteiger partial charge in [-0.05, 0) is 13.3 Å². The van der Waals surface area contributed by atoms with Gasteiger partial charge in [-0.1, -0.05) is 19.3 Å². The molecule has 0 aromatic heterocycles. The predicted octanol–water partition coefficient (Wildman–Crippen LogP) is 1.25. The molecular weight excluding hydrogens is 220 g/mol. The lowest BCUT2D eigenvalue weighted by atomic mass is 10.3. The summed E-state index contributed by atoms with van der Waals surface area (Å²) in [7, 11) is 0. The summed E-state index contributed by atoms with van der Waals surface area (Å²) in [6.07, 6.45) is 7.01. The molecule has 0 aliphatic rings. The highest BCUT2D eigenvalue weighted by atomic mass is 16.4. The lowest BCUT2D eigenvalue weighted by Gasteiger charge is -2.27. The highest BCUT2D eigenvalue weighted by Crippen LogP contribution is 2.02. The summed E-state index contributed by atoms with van der Waals surface area (Å²) >= 11 is 0. The van der Waals surface area contributed by atoms with Gasteiger partial charge in [-0.3, -0.25) is 4.79 Å². The van der Waals surface area contributed by atoms with Gasteiger partial charge in [0.25, 0.3) is 0 Å². The van der Waals surface area contributed by atoms with Crippen LogP contribution >= 0.6 is 0 Å². The molecule has 5 heteroatoms. The van der Waals surface area contributed by atoms with E-state index in [2.05, 4.69) is 5.92 Å². The molecule has 0 rings (SSSR count). The second-order valence-corrected chi connectivity index (χ2v) is 3.67. The minimum Gasteiger partial charge on any atom is -0.480 e. The van der Waals surface area contributed by atoms with Crippen molar-refractivity contribution in [2.45, 2.75) is 26.7 Å². The standard InChI is InChI=1S/C12H20N2O3/c1-4-7-9-13(6-3)12(17)14(8-5-2)10-11(15)16/h2H,4,6-10H2,1,3H3,(H,15,16). The van der Waals surface area contributed by atoms with E-state index in [0.717, 1.165) is 12.8 Å². The van der Waals surface area contributed by atoms with Gasteiger partial charge in [0.15, 0.2) is 0 Å². The quantitative estimate of drug-likeness (QED) is 0.681. The van der Waals surface area contributed by atoms with Crippen LogP contribution in [0.1, 0.15) is 26.7 Å². The van der Waals surface area contributed by atoms with Crippen molar-refractivity contribution in [2.75, 3.05) is 26.2 Å². The van der Waals surface area contributed by atoms with Crippen molar-refractivity contribution < 1.29 is 14.7 Å². The molecule has 96 valence electrons. The molecule has 0 saturated heterocycles. The van der Waals surface area contributed by atoms with Crippen LogP contribution in [-0.2, 0) is 4.79 Å². The number of carboxylic acids is 1. The Labute approximate surface area is 102 Å². The molecule has 0 spiro atoms. The average Bonchev–Trinajstić information content (AvgIpc) is 2.28.